The number of fused-ring (bicyclic) bond motifs is 2. The molecule has 0 amide bonds. The van der Waals surface area contributed by atoms with Crippen molar-refractivity contribution in [3.63, 3.8) is 0 Å². The molecule has 0 aliphatic carbocycles. The zero-order valence-electron chi connectivity index (χ0n) is 8.70. The highest BCUT2D eigenvalue weighted by Crippen LogP contribution is 2.24. The van der Waals surface area contributed by atoms with E-state index < -0.39 is 0 Å². The molecular formula is C15H12. The summed E-state index contributed by atoms with van der Waals surface area (Å²) in [5.74, 6) is 0. The molecule has 0 unspecified atom stereocenters. The Labute approximate surface area is 89.2 Å². The van der Waals surface area contributed by atoms with E-state index in [1.165, 1.54) is 27.1 Å². The number of rotatable bonds is 0. The maximum Gasteiger partial charge on any atom is -0.0148 e. The summed E-state index contributed by atoms with van der Waals surface area (Å²) in [5.41, 5.74) is 1.35. The zero-order chi connectivity index (χ0) is 10.3. The average molecular weight is 192 g/mol. The van der Waals surface area contributed by atoms with Gasteiger partial charge in [-0.1, -0.05) is 42.5 Å². The van der Waals surface area contributed by atoms with Crippen molar-refractivity contribution in [2.45, 2.75) is 6.92 Å². The van der Waals surface area contributed by atoms with Gasteiger partial charge in [0.25, 0.3) is 0 Å². The van der Waals surface area contributed by atoms with Crippen LogP contribution in [0.1, 0.15) is 5.56 Å². The lowest BCUT2D eigenvalue weighted by molar-refractivity contribution is 1.54. The van der Waals surface area contributed by atoms with Gasteiger partial charge in [-0.2, -0.15) is 0 Å². The Balaban J connectivity index is 2.53. The third-order valence-electron chi connectivity index (χ3n) is 2.96. The predicted molar refractivity (Wildman–Crippen MR) is 66.2 cm³/mol. The highest BCUT2D eigenvalue weighted by atomic mass is 14.0. The van der Waals surface area contributed by atoms with Crippen LogP contribution in [0.4, 0.5) is 0 Å². The van der Waals surface area contributed by atoms with Gasteiger partial charge >= 0.3 is 0 Å². The van der Waals surface area contributed by atoms with Gasteiger partial charge in [0.05, 0.1) is 0 Å². The maximum atomic E-state index is 2.28. The minimum absolute atomic E-state index is 1.32. The minimum atomic E-state index is 1.32. The molecule has 0 aliphatic heterocycles. The van der Waals surface area contributed by atoms with Gasteiger partial charge in [0.2, 0.25) is 0 Å². The quantitative estimate of drug-likeness (QED) is 0.466. The predicted octanol–water partition coefficient (Wildman–Crippen LogP) is 4.30. The Kier molecular flexibility index (Phi) is 1.75. The van der Waals surface area contributed by atoms with E-state index in [0.717, 1.165) is 0 Å². The van der Waals surface area contributed by atoms with Crippen LogP contribution in [0.2, 0.25) is 0 Å². The van der Waals surface area contributed by atoms with E-state index in [4.69, 9.17) is 0 Å². The molecule has 0 heterocycles. The van der Waals surface area contributed by atoms with Gasteiger partial charge in [0, 0.05) is 0 Å². The van der Waals surface area contributed by atoms with E-state index in [1.54, 1.807) is 0 Å². The average Bonchev–Trinajstić information content (AvgIpc) is 2.27. The number of benzene rings is 3. The highest BCUT2D eigenvalue weighted by molar-refractivity contribution is 5.99. The molecule has 15 heavy (non-hydrogen) atoms. The second kappa shape index (κ2) is 3.09. The van der Waals surface area contributed by atoms with Gasteiger partial charge in [-0.3, -0.25) is 0 Å². The van der Waals surface area contributed by atoms with Crippen molar-refractivity contribution in [1.29, 1.82) is 0 Å². The molecule has 0 heteroatoms. The lowest BCUT2D eigenvalue weighted by Crippen LogP contribution is -1.79. The molecule has 0 spiro atoms. The van der Waals surface area contributed by atoms with Crippen LogP contribution >= 0.6 is 0 Å². The SMILES string of the molecule is Cc1cccc2cc3ccccc3cc12. The third kappa shape index (κ3) is 1.30. The first-order valence-electron chi connectivity index (χ1n) is 5.23. The van der Waals surface area contributed by atoms with E-state index in [-0.39, 0.29) is 0 Å². The summed E-state index contributed by atoms with van der Waals surface area (Å²) in [5, 5.41) is 5.32. The van der Waals surface area contributed by atoms with Crippen LogP contribution in [0, 0.1) is 6.92 Å². The monoisotopic (exact) mass is 192 g/mol. The van der Waals surface area contributed by atoms with Crippen molar-refractivity contribution in [3.8, 4) is 0 Å². The minimum Gasteiger partial charge on any atom is -0.0616 e. The fourth-order valence-corrected chi connectivity index (χ4v) is 2.12. The van der Waals surface area contributed by atoms with Crippen LogP contribution in [0.3, 0.4) is 0 Å². The lowest BCUT2D eigenvalue weighted by Gasteiger charge is -2.04. The fraction of sp³-hybridized carbons (Fsp3) is 0.0667. The van der Waals surface area contributed by atoms with Crippen molar-refractivity contribution in [3.05, 3.63) is 60.2 Å². The van der Waals surface area contributed by atoms with E-state index in [9.17, 15) is 0 Å². The zero-order valence-corrected chi connectivity index (χ0v) is 8.70. The topological polar surface area (TPSA) is 0 Å². The normalized spacial score (nSPS) is 11.0. The van der Waals surface area contributed by atoms with Gasteiger partial charge in [-0.05, 0) is 46.2 Å². The molecule has 0 atom stereocenters. The molecule has 0 N–H and O–H groups in total. The van der Waals surface area contributed by atoms with E-state index in [0.29, 0.717) is 0 Å². The molecule has 0 aromatic heterocycles. The summed E-state index contributed by atoms with van der Waals surface area (Å²) >= 11 is 0. The Morgan fingerprint density at radius 2 is 1.33 bits per heavy atom. The first-order valence-corrected chi connectivity index (χ1v) is 5.23. The van der Waals surface area contributed by atoms with Gasteiger partial charge in [-0.15, -0.1) is 0 Å². The molecule has 0 radical (unpaired) electrons. The molecule has 3 aromatic carbocycles. The fourth-order valence-electron chi connectivity index (χ4n) is 2.12. The maximum absolute atomic E-state index is 2.28. The Bertz CT molecular complexity index is 636. The molecule has 0 nitrogen and oxygen atoms in total. The molecule has 0 saturated heterocycles. The van der Waals surface area contributed by atoms with Crippen LogP contribution in [0.25, 0.3) is 21.5 Å². The molecule has 3 aromatic rings. The summed E-state index contributed by atoms with van der Waals surface area (Å²) in [7, 11) is 0. The Morgan fingerprint density at radius 1 is 0.667 bits per heavy atom. The molecule has 0 bridgehead atoms. The molecule has 3 rings (SSSR count). The second-order valence-electron chi connectivity index (χ2n) is 4.00. The van der Waals surface area contributed by atoms with Crippen LogP contribution < -0.4 is 0 Å². The van der Waals surface area contributed by atoms with Gasteiger partial charge in [0.1, 0.15) is 0 Å². The van der Waals surface area contributed by atoms with Crippen molar-refractivity contribution >= 4 is 21.5 Å². The first kappa shape index (κ1) is 8.49. The molecular weight excluding hydrogens is 180 g/mol. The number of hydrogen-bond donors (Lipinski definition) is 0. The lowest BCUT2D eigenvalue weighted by atomic mass is 10.0. The summed E-state index contributed by atoms with van der Waals surface area (Å²) in [6, 6.07) is 19.5. The summed E-state index contributed by atoms with van der Waals surface area (Å²) in [6.07, 6.45) is 0. The van der Waals surface area contributed by atoms with Crippen LogP contribution in [0.15, 0.2) is 54.6 Å². The van der Waals surface area contributed by atoms with Crippen molar-refractivity contribution in [1.82, 2.24) is 0 Å². The summed E-state index contributed by atoms with van der Waals surface area (Å²) < 4.78 is 0. The number of aryl methyl sites for hydroxylation is 1. The molecule has 0 saturated carbocycles. The van der Waals surface area contributed by atoms with Gasteiger partial charge in [0.15, 0.2) is 0 Å². The first-order chi connectivity index (χ1) is 7.34. The van der Waals surface area contributed by atoms with Crippen LogP contribution in [0.5, 0.6) is 0 Å². The summed E-state index contributed by atoms with van der Waals surface area (Å²) in [6.45, 7) is 2.16. The highest BCUT2D eigenvalue weighted by Gasteiger charge is 1.98. The van der Waals surface area contributed by atoms with Crippen LogP contribution in [-0.4, -0.2) is 0 Å². The van der Waals surface area contributed by atoms with Crippen molar-refractivity contribution < 1.29 is 0 Å². The largest absolute Gasteiger partial charge is 0.0616 e. The van der Waals surface area contributed by atoms with E-state index >= 15 is 0 Å². The molecule has 72 valence electrons. The number of hydrogen-bond acceptors (Lipinski definition) is 0. The second-order valence-corrected chi connectivity index (χ2v) is 4.00. The Morgan fingerprint density at radius 3 is 2.13 bits per heavy atom. The van der Waals surface area contributed by atoms with E-state index in [2.05, 4.69) is 61.5 Å². The smallest absolute Gasteiger partial charge is 0.0148 e. The third-order valence-corrected chi connectivity index (χ3v) is 2.96. The van der Waals surface area contributed by atoms with Crippen molar-refractivity contribution in [2.75, 3.05) is 0 Å². The van der Waals surface area contributed by atoms with Gasteiger partial charge in [-0.25, -0.2) is 0 Å². The van der Waals surface area contributed by atoms with Gasteiger partial charge < -0.3 is 0 Å². The standard InChI is InChI=1S/C15H12/c1-11-5-4-8-14-9-12-6-2-3-7-13(12)10-15(11)14/h2-10H,1H3. The van der Waals surface area contributed by atoms with Crippen LogP contribution in [-0.2, 0) is 0 Å². The molecule has 0 fully saturated rings. The Hall–Kier alpha value is -1.82. The summed E-state index contributed by atoms with van der Waals surface area (Å²) in [4.78, 5) is 0. The van der Waals surface area contributed by atoms with Crippen molar-refractivity contribution in [2.24, 2.45) is 0 Å². The molecule has 0 aliphatic rings. The van der Waals surface area contributed by atoms with E-state index in [1.807, 2.05) is 0 Å².